The Balaban J connectivity index is 1.70. The Hall–Kier alpha value is -4.09. The van der Waals surface area contributed by atoms with Crippen LogP contribution in [0, 0.1) is 0 Å². The van der Waals surface area contributed by atoms with E-state index in [1.807, 2.05) is 0 Å². The second kappa shape index (κ2) is 10.1. The minimum absolute atomic E-state index is 0.0167. The van der Waals surface area contributed by atoms with Crippen LogP contribution >= 0.6 is 23.2 Å². The normalized spacial score (nSPS) is 12.6. The number of nitrogens with zero attached hydrogens (tertiary/aromatic N) is 3. The van der Waals surface area contributed by atoms with Crippen molar-refractivity contribution in [1.29, 1.82) is 0 Å². The highest BCUT2D eigenvalue weighted by Gasteiger charge is 2.33. The molecular formula is C27H19Cl2F3N4O4. The number of ether oxygens (including phenoxy) is 1. The molecule has 0 amide bonds. The summed E-state index contributed by atoms with van der Waals surface area (Å²) in [4.78, 5) is 29.4. The van der Waals surface area contributed by atoms with E-state index in [0.29, 0.717) is 21.5 Å². The summed E-state index contributed by atoms with van der Waals surface area (Å²) in [5.74, 6) is -0.704. The summed E-state index contributed by atoms with van der Waals surface area (Å²) in [7, 11) is 2.89. The maximum absolute atomic E-state index is 13.9. The van der Waals surface area contributed by atoms with Gasteiger partial charge >= 0.3 is 12.1 Å². The summed E-state index contributed by atoms with van der Waals surface area (Å²) in [6.45, 7) is 1.55. The Bertz CT molecular complexity index is 1870. The van der Waals surface area contributed by atoms with Crippen LogP contribution in [0.3, 0.4) is 0 Å². The summed E-state index contributed by atoms with van der Waals surface area (Å²) < 4.78 is 54.0. The number of aromatic nitrogens is 3. The molecule has 1 unspecified atom stereocenters. The van der Waals surface area contributed by atoms with Crippen LogP contribution in [0.15, 0.2) is 57.9 Å². The number of methoxy groups -OCH3 is 1. The van der Waals surface area contributed by atoms with E-state index >= 15 is 0 Å². The molecule has 0 fully saturated rings. The van der Waals surface area contributed by atoms with Crippen molar-refractivity contribution < 1.29 is 27.1 Å². The van der Waals surface area contributed by atoms with Gasteiger partial charge < -0.3 is 14.5 Å². The van der Waals surface area contributed by atoms with E-state index < -0.39 is 29.2 Å². The predicted octanol–water partition coefficient (Wildman–Crippen LogP) is 7.03. The summed E-state index contributed by atoms with van der Waals surface area (Å²) in [5.41, 5.74) is -0.801. The van der Waals surface area contributed by atoms with E-state index in [4.69, 9.17) is 32.4 Å². The van der Waals surface area contributed by atoms with Crippen molar-refractivity contribution in [3.63, 3.8) is 0 Å². The van der Waals surface area contributed by atoms with Crippen molar-refractivity contribution in [3.8, 4) is 11.3 Å². The van der Waals surface area contributed by atoms with Crippen LogP contribution in [0.1, 0.15) is 34.6 Å². The lowest BCUT2D eigenvalue weighted by Crippen LogP contribution is -2.16. The smallest absolute Gasteiger partial charge is 0.416 e. The highest BCUT2D eigenvalue weighted by Crippen LogP contribution is 2.38. The van der Waals surface area contributed by atoms with Gasteiger partial charge in [0, 0.05) is 35.8 Å². The molecule has 3 heterocycles. The van der Waals surface area contributed by atoms with Gasteiger partial charge in [-0.3, -0.25) is 9.48 Å². The Morgan fingerprint density at radius 3 is 2.60 bits per heavy atom. The molecule has 0 spiro atoms. The number of pyridine rings is 1. The number of carbonyl (C=O) groups excluding carboxylic acids is 1. The van der Waals surface area contributed by atoms with Crippen molar-refractivity contribution in [2.75, 3.05) is 12.4 Å². The summed E-state index contributed by atoms with van der Waals surface area (Å²) in [6, 6.07) is 7.99. The van der Waals surface area contributed by atoms with Gasteiger partial charge in [0.2, 0.25) is 0 Å². The van der Waals surface area contributed by atoms with Gasteiger partial charge in [-0.2, -0.15) is 18.3 Å². The summed E-state index contributed by atoms with van der Waals surface area (Å²) in [5, 5.41) is 8.00. The van der Waals surface area contributed by atoms with Crippen LogP contribution in [0.5, 0.6) is 0 Å². The van der Waals surface area contributed by atoms with Gasteiger partial charge in [-0.1, -0.05) is 23.2 Å². The van der Waals surface area contributed by atoms with Crippen molar-refractivity contribution in [1.82, 2.24) is 14.8 Å². The van der Waals surface area contributed by atoms with E-state index in [2.05, 4.69) is 15.4 Å². The Morgan fingerprint density at radius 2 is 1.90 bits per heavy atom. The van der Waals surface area contributed by atoms with Gasteiger partial charge in [-0.15, -0.1) is 0 Å². The Kier molecular flexibility index (Phi) is 6.97. The van der Waals surface area contributed by atoms with E-state index in [-0.39, 0.29) is 38.8 Å². The molecule has 0 aliphatic carbocycles. The minimum Gasteiger partial charge on any atom is -0.464 e. The summed E-state index contributed by atoms with van der Waals surface area (Å²) >= 11 is 12.3. The molecule has 0 bridgehead atoms. The van der Waals surface area contributed by atoms with E-state index in [1.54, 1.807) is 37.0 Å². The average molecular weight is 591 g/mol. The van der Waals surface area contributed by atoms with Crippen molar-refractivity contribution in [2.24, 2.45) is 7.05 Å². The number of hydrogen-bond acceptors (Lipinski definition) is 7. The molecule has 0 saturated carbocycles. The van der Waals surface area contributed by atoms with Crippen molar-refractivity contribution in [2.45, 2.75) is 19.1 Å². The third-order valence-corrected chi connectivity index (χ3v) is 6.72. The lowest BCUT2D eigenvalue weighted by Gasteiger charge is -2.20. The van der Waals surface area contributed by atoms with Crippen LogP contribution in [0.4, 0.5) is 18.9 Å². The first kappa shape index (κ1) is 27.5. The topological polar surface area (TPSA) is 99.2 Å². The van der Waals surface area contributed by atoms with Gasteiger partial charge in [0.15, 0.2) is 11.1 Å². The quantitative estimate of drug-likeness (QED) is 0.173. The van der Waals surface area contributed by atoms with E-state index in [1.165, 1.54) is 12.1 Å². The molecule has 8 nitrogen and oxygen atoms in total. The van der Waals surface area contributed by atoms with Gasteiger partial charge in [0.05, 0.1) is 34.8 Å². The standard InChI is InChI=1S/C27H19Cl2F3N4O4/c1-12(33-19-4-5-22(29)34-24(19)26(38)39-3)16-8-15(27(30,31)32)9-17-20(37)10-21(40-25(16)17)13-6-14-11-36(2)35-23(14)18(28)7-13/h4-12,33H,1-3H3. The fourth-order valence-corrected chi connectivity index (χ4v) is 4.79. The number of aryl methyl sites for hydroxylation is 1. The number of halogens is 5. The molecule has 2 aromatic carbocycles. The third kappa shape index (κ3) is 5.09. The molecule has 0 aliphatic heterocycles. The molecule has 40 heavy (non-hydrogen) atoms. The zero-order valence-corrected chi connectivity index (χ0v) is 22.6. The number of nitrogens with one attached hydrogen (secondary N) is 1. The molecule has 3 aromatic heterocycles. The number of anilines is 1. The monoisotopic (exact) mass is 590 g/mol. The zero-order valence-electron chi connectivity index (χ0n) is 21.1. The first-order valence-electron chi connectivity index (χ1n) is 11.7. The van der Waals surface area contributed by atoms with Crippen LogP contribution < -0.4 is 10.7 Å². The number of hydrogen-bond donors (Lipinski definition) is 1. The first-order chi connectivity index (χ1) is 18.8. The number of rotatable bonds is 5. The second-order valence-electron chi connectivity index (χ2n) is 9.00. The van der Waals surface area contributed by atoms with Crippen molar-refractivity contribution in [3.05, 3.63) is 85.9 Å². The van der Waals surface area contributed by atoms with Gasteiger partial charge in [0.25, 0.3) is 0 Å². The highest BCUT2D eigenvalue weighted by molar-refractivity contribution is 6.35. The molecule has 206 valence electrons. The molecule has 0 aliphatic rings. The van der Waals surface area contributed by atoms with Crippen LogP contribution in [-0.4, -0.2) is 27.8 Å². The first-order valence-corrected chi connectivity index (χ1v) is 12.4. The number of esters is 1. The third-order valence-electron chi connectivity index (χ3n) is 6.22. The molecule has 1 atom stereocenters. The molecule has 5 aromatic rings. The fourth-order valence-electron chi connectivity index (χ4n) is 4.38. The molecule has 0 saturated heterocycles. The second-order valence-corrected chi connectivity index (χ2v) is 9.80. The molecule has 1 N–H and O–H groups in total. The Morgan fingerprint density at radius 1 is 1.15 bits per heavy atom. The van der Waals surface area contributed by atoms with Crippen LogP contribution in [0.25, 0.3) is 33.2 Å². The maximum Gasteiger partial charge on any atom is 0.416 e. The maximum atomic E-state index is 13.9. The van der Waals surface area contributed by atoms with E-state index in [0.717, 1.165) is 25.3 Å². The molecule has 5 rings (SSSR count). The van der Waals surface area contributed by atoms with Crippen LogP contribution in [-0.2, 0) is 18.0 Å². The SMILES string of the molecule is COC(=O)c1nc(Cl)ccc1NC(C)c1cc(C(F)(F)F)cc2c(=O)cc(-c3cc(Cl)c4nn(C)cc4c3)oc12. The molecule has 0 radical (unpaired) electrons. The van der Waals surface area contributed by atoms with Crippen molar-refractivity contribution >= 4 is 56.7 Å². The van der Waals surface area contributed by atoms with Crippen LogP contribution in [0.2, 0.25) is 10.2 Å². The number of carbonyl (C=O) groups is 1. The molecular weight excluding hydrogens is 572 g/mol. The lowest BCUT2D eigenvalue weighted by atomic mass is 9.99. The Labute approximate surface area is 234 Å². The zero-order chi connectivity index (χ0) is 28.9. The number of alkyl halides is 3. The number of fused-ring (bicyclic) bond motifs is 2. The fraction of sp³-hybridized carbons (Fsp3) is 0.185. The van der Waals surface area contributed by atoms with Gasteiger partial charge in [0.1, 0.15) is 22.0 Å². The average Bonchev–Trinajstić information content (AvgIpc) is 3.28. The summed E-state index contributed by atoms with van der Waals surface area (Å²) in [6.07, 6.45) is -3.01. The predicted molar refractivity (Wildman–Crippen MR) is 145 cm³/mol. The lowest BCUT2D eigenvalue weighted by molar-refractivity contribution is -0.137. The van der Waals surface area contributed by atoms with Gasteiger partial charge in [-0.05, 0) is 43.3 Å². The minimum atomic E-state index is -4.74. The highest BCUT2D eigenvalue weighted by atomic mass is 35.5. The number of benzene rings is 2. The van der Waals surface area contributed by atoms with Gasteiger partial charge in [-0.25, -0.2) is 9.78 Å². The van der Waals surface area contributed by atoms with E-state index in [9.17, 15) is 22.8 Å². The molecule has 13 heteroatoms. The largest absolute Gasteiger partial charge is 0.464 e.